The number of anilines is 1. The van der Waals surface area contributed by atoms with Gasteiger partial charge in [-0.25, -0.2) is 0 Å². The number of para-hydroxylation sites is 1. The van der Waals surface area contributed by atoms with Crippen molar-refractivity contribution in [2.45, 2.75) is 18.8 Å². The van der Waals surface area contributed by atoms with E-state index < -0.39 is 29.4 Å². The van der Waals surface area contributed by atoms with Crippen molar-refractivity contribution in [2.24, 2.45) is 5.73 Å². The molecule has 0 unspecified atom stereocenters. The van der Waals surface area contributed by atoms with E-state index in [4.69, 9.17) is 15.2 Å². The zero-order valence-corrected chi connectivity index (χ0v) is 18.0. The average Bonchev–Trinajstić information content (AvgIpc) is 2.85. The Labute approximate surface area is 184 Å². The number of nitrogens with two attached hydrogens (primary N) is 1. The van der Waals surface area contributed by atoms with Crippen LogP contribution in [0.15, 0.2) is 53.0 Å². The van der Waals surface area contributed by atoms with Gasteiger partial charge in [0.15, 0.2) is 5.75 Å². The van der Waals surface area contributed by atoms with Crippen LogP contribution < -0.4 is 20.1 Å². The van der Waals surface area contributed by atoms with Gasteiger partial charge in [0.05, 0.1) is 24.9 Å². The highest BCUT2D eigenvalue weighted by molar-refractivity contribution is 9.10. The highest BCUT2D eigenvalue weighted by Gasteiger charge is 2.39. The fourth-order valence-corrected chi connectivity index (χ4v) is 4.07. The average molecular weight is 495 g/mol. The molecule has 9 heteroatoms. The molecule has 2 N–H and O–H groups in total. The van der Waals surface area contributed by atoms with Crippen molar-refractivity contribution in [2.75, 3.05) is 18.6 Å². The largest absolute Gasteiger partial charge is 0.496 e. The monoisotopic (exact) mass is 494 g/mol. The van der Waals surface area contributed by atoms with Gasteiger partial charge in [-0.2, -0.15) is 13.2 Å². The van der Waals surface area contributed by atoms with E-state index in [-0.39, 0.29) is 18.8 Å². The summed E-state index contributed by atoms with van der Waals surface area (Å²) in [7, 11) is 1.50. The lowest BCUT2D eigenvalue weighted by molar-refractivity contribution is -0.138. The van der Waals surface area contributed by atoms with Gasteiger partial charge >= 0.3 is 6.18 Å². The standard InChI is InChI=1S/C22H18BrF3N2O3/c1-30-19-8-5-12-9-13(23)6-7-14(12)15(19)10-28-18-4-2-3-16(22(24,25)26)20(18)31-11-17(27)21(28)29/h2-9,17H,10-11,27H2,1H3/t17-/m0/s1. The fourth-order valence-electron chi connectivity index (χ4n) is 3.70. The molecule has 0 aliphatic carbocycles. The highest BCUT2D eigenvalue weighted by Crippen LogP contribution is 2.44. The Balaban J connectivity index is 1.90. The molecule has 0 radical (unpaired) electrons. The van der Waals surface area contributed by atoms with Gasteiger partial charge in [0.1, 0.15) is 18.4 Å². The summed E-state index contributed by atoms with van der Waals surface area (Å²) in [6.45, 7) is -0.388. The maximum Gasteiger partial charge on any atom is 0.420 e. The maximum absolute atomic E-state index is 13.6. The first-order valence-electron chi connectivity index (χ1n) is 9.36. The lowest BCUT2D eigenvalue weighted by atomic mass is 10.0. The third-order valence-electron chi connectivity index (χ3n) is 5.17. The van der Waals surface area contributed by atoms with E-state index in [1.165, 1.54) is 24.1 Å². The lowest BCUT2D eigenvalue weighted by Crippen LogP contribution is -2.45. The molecular weight excluding hydrogens is 477 g/mol. The van der Waals surface area contributed by atoms with Crippen LogP contribution >= 0.6 is 15.9 Å². The number of alkyl halides is 3. The minimum atomic E-state index is -4.64. The van der Waals surface area contributed by atoms with Crippen LogP contribution in [0.4, 0.5) is 18.9 Å². The predicted molar refractivity (Wildman–Crippen MR) is 114 cm³/mol. The maximum atomic E-state index is 13.6. The molecule has 0 saturated carbocycles. The van der Waals surface area contributed by atoms with Crippen molar-refractivity contribution in [3.8, 4) is 11.5 Å². The SMILES string of the molecule is COc1ccc2cc(Br)ccc2c1CN1C(=O)[C@@H](N)COc2c1cccc2C(F)(F)F. The number of ether oxygens (including phenoxy) is 2. The Bertz CT molecular complexity index is 1170. The third kappa shape index (κ3) is 3.95. The van der Waals surface area contributed by atoms with E-state index >= 15 is 0 Å². The number of benzene rings is 3. The minimum Gasteiger partial charge on any atom is -0.496 e. The second-order valence-electron chi connectivity index (χ2n) is 7.11. The number of methoxy groups -OCH3 is 1. The van der Waals surface area contributed by atoms with Gasteiger partial charge in [-0.1, -0.05) is 34.1 Å². The molecule has 4 rings (SSSR count). The van der Waals surface area contributed by atoms with Gasteiger partial charge in [-0.05, 0) is 41.1 Å². The molecule has 1 heterocycles. The van der Waals surface area contributed by atoms with Crippen LogP contribution in [0.5, 0.6) is 11.5 Å². The van der Waals surface area contributed by atoms with Crippen molar-refractivity contribution in [1.29, 1.82) is 0 Å². The van der Waals surface area contributed by atoms with Crippen molar-refractivity contribution >= 4 is 38.3 Å². The van der Waals surface area contributed by atoms with Gasteiger partial charge in [0.25, 0.3) is 0 Å². The fraction of sp³-hybridized carbons (Fsp3) is 0.227. The van der Waals surface area contributed by atoms with Crippen molar-refractivity contribution in [3.05, 3.63) is 64.1 Å². The summed E-state index contributed by atoms with van der Waals surface area (Å²) in [6, 6.07) is 11.7. The summed E-state index contributed by atoms with van der Waals surface area (Å²) >= 11 is 3.43. The number of fused-ring (bicyclic) bond motifs is 2. The molecule has 0 bridgehead atoms. The molecule has 1 aliphatic heterocycles. The predicted octanol–water partition coefficient (Wildman–Crippen LogP) is 4.88. The molecule has 1 amide bonds. The first-order chi connectivity index (χ1) is 14.7. The molecule has 162 valence electrons. The first-order valence-corrected chi connectivity index (χ1v) is 10.1. The molecular formula is C22H18BrF3N2O3. The normalized spacial score (nSPS) is 16.6. The molecule has 0 spiro atoms. The van der Waals surface area contributed by atoms with Crippen LogP contribution in [0.2, 0.25) is 0 Å². The van der Waals surface area contributed by atoms with Gasteiger partial charge < -0.3 is 20.1 Å². The first kappa shape index (κ1) is 21.5. The number of nitrogens with zero attached hydrogens (tertiary/aromatic N) is 1. The highest BCUT2D eigenvalue weighted by atomic mass is 79.9. The summed E-state index contributed by atoms with van der Waals surface area (Å²) in [5.41, 5.74) is 5.64. The lowest BCUT2D eigenvalue weighted by Gasteiger charge is -2.26. The third-order valence-corrected chi connectivity index (χ3v) is 5.66. The zero-order chi connectivity index (χ0) is 22.3. The molecule has 0 saturated heterocycles. The smallest absolute Gasteiger partial charge is 0.420 e. The van der Waals surface area contributed by atoms with Crippen LogP contribution in [-0.4, -0.2) is 25.7 Å². The summed E-state index contributed by atoms with van der Waals surface area (Å²) in [6.07, 6.45) is -4.64. The van der Waals surface area contributed by atoms with Crippen LogP contribution in [0.3, 0.4) is 0 Å². The van der Waals surface area contributed by atoms with Gasteiger partial charge in [-0.15, -0.1) is 0 Å². The Morgan fingerprint density at radius 2 is 2.00 bits per heavy atom. The Morgan fingerprint density at radius 1 is 1.23 bits per heavy atom. The minimum absolute atomic E-state index is 0.0175. The summed E-state index contributed by atoms with van der Waals surface area (Å²) < 4.78 is 52.5. The van der Waals surface area contributed by atoms with Crippen molar-refractivity contribution < 1.29 is 27.4 Å². The van der Waals surface area contributed by atoms with E-state index in [9.17, 15) is 18.0 Å². The van der Waals surface area contributed by atoms with E-state index in [2.05, 4.69) is 15.9 Å². The van der Waals surface area contributed by atoms with Crippen molar-refractivity contribution in [3.63, 3.8) is 0 Å². The van der Waals surface area contributed by atoms with E-state index in [0.717, 1.165) is 21.3 Å². The van der Waals surface area contributed by atoms with E-state index in [1.807, 2.05) is 24.3 Å². The van der Waals surface area contributed by atoms with Crippen LogP contribution in [-0.2, 0) is 17.5 Å². The zero-order valence-electron chi connectivity index (χ0n) is 16.4. The molecule has 3 aromatic rings. The molecule has 1 atom stereocenters. The number of hydrogen-bond acceptors (Lipinski definition) is 4. The quantitative estimate of drug-likeness (QED) is 0.563. The molecule has 0 fully saturated rings. The van der Waals surface area contributed by atoms with Crippen molar-refractivity contribution in [1.82, 2.24) is 0 Å². The van der Waals surface area contributed by atoms with Crippen LogP contribution in [0.1, 0.15) is 11.1 Å². The number of hydrogen-bond donors (Lipinski definition) is 1. The molecule has 1 aliphatic rings. The number of rotatable bonds is 3. The number of halogens is 4. The molecule has 3 aromatic carbocycles. The summed E-state index contributed by atoms with van der Waals surface area (Å²) in [5, 5.41) is 1.69. The Kier molecular flexibility index (Phi) is 5.57. The van der Waals surface area contributed by atoms with Crippen LogP contribution in [0, 0.1) is 0 Å². The second kappa shape index (κ2) is 8.05. The van der Waals surface area contributed by atoms with Crippen LogP contribution in [0.25, 0.3) is 10.8 Å². The topological polar surface area (TPSA) is 64.8 Å². The van der Waals surface area contributed by atoms with Gasteiger partial charge in [0.2, 0.25) is 5.91 Å². The second-order valence-corrected chi connectivity index (χ2v) is 8.02. The van der Waals surface area contributed by atoms with E-state index in [0.29, 0.717) is 11.3 Å². The van der Waals surface area contributed by atoms with Gasteiger partial charge in [0, 0.05) is 10.0 Å². The number of carbonyl (C=O) groups is 1. The molecule has 0 aromatic heterocycles. The number of amides is 1. The summed E-state index contributed by atoms with van der Waals surface area (Å²) in [5.74, 6) is -0.428. The Hall–Kier alpha value is -2.78. The van der Waals surface area contributed by atoms with E-state index in [1.54, 1.807) is 6.07 Å². The number of carbonyl (C=O) groups excluding carboxylic acids is 1. The van der Waals surface area contributed by atoms with Gasteiger partial charge in [-0.3, -0.25) is 4.79 Å². The molecule has 31 heavy (non-hydrogen) atoms. The molecule has 5 nitrogen and oxygen atoms in total. The summed E-state index contributed by atoms with van der Waals surface area (Å²) in [4.78, 5) is 14.3. The Morgan fingerprint density at radius 3 is 2.71 bits per heavy atom.